The first-order valence-corrected chi connectivity index (χ1v) is 16.0. The summed E-state index contributed by atoms with van der Waals surface area (Å²) in [6.07, 6.45) is 2.74. The van der Waals surface area contributed by atoms with Crippen LogP contribution in [0.5, 0.6) is 5.88 Å². The molecule has 0 spiro atoms. The molecular weight excluding hydrogens is 737 g/mol. The van der Waals surface area contributed by atoms with E-state index >= 15 is 0 Å². The van der Waals surface area contributed by atoms with Crippen molar-refractivity contribution in [1.29, 1.82) is 0 Å². The smallest absolute Gasteiger partial charge is 0.537 e. The molecule has 50 heavy (non-hydrogen) atoms. The topological polar surface area (TPSA) is 111 Å². The van der Waals surface area contributed by atoms with Crippen molar-refractivity contribution in [1.82, 2.24) is 19.7 Å². The maximum Gasteiger partial charge on any atom is 2.00 e. The summed E-state index contributed by atoms with van der Waals surface area (Å²) in [6, 6.07) is 13.2. The summed E-state index contributed by atoms with van der Waals surface area (Å²) < 4.78 is 52.5. The van der Waals surface area contributed by atoms with Gasteiger partial charge in [-0.1, -0.05) is 72.4 Å². The minimum Gasteiger partial charge on any atom is -0.537 e. The van der Waals surface area contributed by atoms with Crippen molar-refractivity contribution in [2.45, 2.75) is 31.5 Å². The first kappa shape index (κ1) is 37.4. The van der Waals surface area contributed by atoms with E-state index in [2.05, 4.69) is 26.8 Å². The number of ether oxygens (including phenoxy) is 2. The van der Waals surface area contributed by atoms with Crippen molar-refractivity contribution in [3.63, 3.8) is 0 Å². The number of hydrogen-bond donors (Lipinski definition) is 2. The Kier molecular flexibility index (Phi) is 11.7. The number of nitrogens with zero attached hydrogens (tertiary/aromatic N) is 4. The number of halogens is 5. The molecule has 2 N–H and O–H groups in total. The van der Waals surface area contributed by atoms with Crippen LogP contribution in [0, 0.1) is 12.8 Å². The van der Waals surface area contributed by atoms with Crippen LogP contribution in [0.2, 0.25) is 10.0 Å². The van der Waals surface area contributed by atoms with Gasteiger partial charge in [-0.15, -0.1) is 11.1 Å². The molecule has 4 heterocycles. The van der Waals surface area contributed by atoms with Gasteiger partial charge in [-0.2, -0.15) is 31.1 Å². The quantitative estimate of drug-likeness (QED) is 0.139. The second-order valence-corrected chi connectivity index (χ2v) is 12.1. The number of hydrogen-bond acceptors (Lipinski definition) is 8. The Labute approximate surface area is 306 Å². The molecule has 15 heteroatoms. The van der Waals surface area contributed by atoms with E-state index in [4.69, 9.17) is 37.8 Å². The molecule has 5 aromatic rings. The Balaban J connectivity index is 0.000000543. The molecule has 0 saturated carbocycles. The summed E-state index contributed by atoms with van der Waals surface area (Å²) in [5.41, 5.74) is 2.94. The number of nitrogens with one attached hydrogen (secondary N) is 1. The van der Waals surface area contributed by atoms with Crippen LogP contribution in [0.3, 0.4) is 0 Å². The number of alkyl halides is 3. The molecule has 0 bridgehead atoms. The third-order valence-electron chi connectivity index (χ3n) is 8.09. The molecule has 1 atom stereocenters. The van der Waals surface area contributed by atoms with Crippen molar-refractivity contribution >= 4 is 45.5 Å². The number of aryl methyl sites for hydroxylation is 2. The number of anilines is 2. The Morgan fingerprint density at radius 1 is 1.06 bits per heavy atom. The second-order valence-electron chi connectivity index (χ2n) is 11.3. The first-order chi connectivity index (χ1) is 23.5. The minimum absolute atomic E-state index is 0. The largest absolute Gasteiger partial charge is 2.00 e. The van der Waals surface area contributed by atoms with Crippen LogP contribution in [0.4, 0.5) is 24.7 Å². The van der Waals surface area contributed by atoms with E-state index in [1.165, 1.54) is 13.2 Å². The SMILES string of the molecule is COc1nc(-c2cccc(-c3cccc(Nc4nc(C(F)(F)F)cc5cnn(C)c(=O)c45)c3Cl)c2Cl)cc2c1[CH-]CC2.OC1[CH-]CCOC1.[Mn+2]. The van der Waals surface area contributed by atoms with Crippen LogP contribution in [0.1, 0.15) is 29.7 Å². The molecule has 0 amide bonds. The van der Waals surface area contributed by atoms with Gasteiger partial charge in [-0.05, 0) is 18.2 Å². The second kappa shape index (κ2) is 15.6. The van der Waals surface area contributed by atoms with E-state index in [0.717, 1.165) is 47.7 Å². The first-order valence-electron chi connectivity index (χ1n) is 15.3. The van der Waals surface area contributed by atoms with Crippen LogP contribution < -0.4 is 15.6 Å². The van der Waals surface area contributed by atoms with Crippen molar-refractivity contribution < 1.29 is 44.8 Å². The zero-order valence-electron chi connectivity index (χ0n) is 26.7. The summed E-state index contributed by atoms with van der Waals surface area (Å²) >= 11 is 13.8. The molecule has 1 saturated heterocycles. The van der Waals surface area contributed by atoms with Crippen LogP contribution in [-0.4, -0.2) is 51.3 Å². The maximum absolute atomic E-state index is 13.7. The van der Waals surface area contributed by atoms with Crippen molar-refractivity contribution in [2.75, 3.05) is 25.6 Å². The van der Waals surface area contributed by atoms with E-state index in [9.17, 15) is 18.0 Å². The van der Waals surface area contributed by atoms with E-state index in [-0.39, 0.29) is 50.5 Å². The summed E-state index contributed by atoms with van der Waals surface area (Å²) in [5.74, 6) is 0.223. The van der Waals surface area contributed by atoms with E-state index in [1.54, 1.807) is 31.4 Å². The van der Waals surface area contributed by atoms with Gasteiger partial charge in [0.25, 0.3) is 5.56 Å². The summed E-state index contributed by atoms with van der Waals surface area (Å²) in [4.78, 5) is 21.3. The van der Waals surface area contributed by atoms with Gasteiger partial charge in [0.2, 0.25) is 0 Å². The Morgan fingerprint density at radius 2 is 1.78 bits per heavy atom. The van der Waals surface area contributed by atoms with E-state index in [0.29, 0.717) is 39.9 Å². The molecule has 9 nitrogen and oxygen atoms in total. The average Bonchev–Trinajstić information content (AvgIpc) is 3.56. The van der Waals surface area contributed by atoms with Gasteiger partial charge < -0.3 is 19.9 Å². The van der Waals surface area contributed by atoms with Gasteiger partial charge in [0.15, 0.2) is 0 Å². The van der Waals surface area contributed by atoms with Gasteiger partial charge in [-0.3, -0.25) is 16.2 Å². The average molecular weight is 767 g/mol. The molecule has 1 fully saturated rings. The molecular formula is C35H30Cl2F3MnN5O4. The third kappa shape index (κ3) is 7.73. The number of aromatic nitrogens is 4. The van der Waals surface area contributed by atoms with Crippen LogP contribution >= 0.6 is 23.2 Å². The number of aliphatic hydroxyl groups is 1. The monoisotopic (exact) mass is 766 g/mol. The van der Waals surface area contributed by atoms with Crippen molar-refractivity contribution in [2.24, 2.45) is 7.05 Å². The van der Waals surface area contributed by atoms with Crippen molar-refractivity contribution in [3.05, 3.63) is 105 Å². The Bertz CT molecular complexity index is 2090. The zero-order valence-corrected chi connectivity index (χ0v) is 29.4. The number of rotatable bonds is 5. The summed E-state index contributed by atoms with van der Waals surface area (Å²) in [6.45, 7) is 1.26. The van der Waals surface area contributed by atoms with Gasteiger partial charge >= 0.3 is 23.2 Å². The fourth-order valence-corrected chi connectivity index (χ4v) is 6.28. The predicted octanol–water partition coefficient (Wildman–Crippen LogP) is 7.60. The Morgan fingerprint density at radius 3 is 2.44 bits per heavy atom. The summed E-state index contributed by atoms with van der Waals surface area (Å²) in [5, 5.41) is 15.9. The Hall–Kier alpha value is -3.84. The molecule has 7 rings (SSSR count). The summed E-state index contributed by atoms with van der Waals surface area (Å²) in [7, 11) is 2.97. The molecule has 1 aliphatic carbocycles. The van der Waals surface area contributed by atoms with E-state index < -0.39 is 17.4 Å². The van der Waals surface area contributed by atoms with Crippen LogP contribution in [0.15, 0.2) is 59.5 Å². The van der Waals surface area contributed by atoms with Gasteiger partial charge in [0.05, 0.1) is 34.4 Å². The molecule has 1 unspecified atom stereocenters. The maximum atomic E-state index is 13.7. The predicted molar refractivity (Wildman–Crippen MR) is 182 cm³/mol. The zero-order chi connectivity index (χ0) is 34.9. The number of aliphatic hydroxyl groups excluding tert-OH is 1. The van der Waals surface area contributed by atoms with Gasteiger partial charge in [0.1, 0.15) is 17.4 Å². The standard InChI is InChI=1S/C30H21Cl2F3N5O2.C5H9O2.Mn/c1-40-29(41)24-16(14-36-40)13-23(30(33,34)35)39-27(24)37-21-11-5-9-19(26(21)32)18-8-4-10-20(25(18)31)22-12-15-6-3-7-17(15)28(38-22)42-2;6-5-2-1-3-7-4-5;/h4-5,7-14H,3,6H2,1-2H3,(H,37,39);2,5-6H,1,3-4H2;/q2*-1;+2. The number of fused-ring (bicyclic) bond motifs is 2. The fraction of sp³-hybridized carbons (Fsp3) is 0.257. The third-order valence-corrected chi connectivity index (χ3v) is 8.90. The van der Waals surface area contributed by atoms with Gasteiger partial charge in [-0.25, -0.2) is 9.67 Å². The van der Waals surface area contributed by atoms with Crippen LogP contribution in [0.25, 0.3) is 33.2 Å². The molecule has 261 valence electrons. The molecule has 2 aromatic carbocycles. The minimum atomic E-state index is -4.75. The van der Waals surface area contributed by atoms with Crippen LogP contribution in [-0.2, 0) is 41.5 Å². The van der Waals surface area contributed by atoms with E-state index in [1.807, 2.05) is 24.6 Å². The normalized spacial score (nSPS) is 15.3. The molecule has 2 aliphatic rings. The number of benzene rings is 2. The number of methoxy groups -OCH3 is 1. The van der Waals surface area contributed by atoms with Crippen molar-refractivity contribution in [3.8, 4) is 28.3 Å². The van der Waals surface area contributed by atoms with Gasteiger partial charge in [0, 0.05) is 48.0 Å². The fourth-order valence-electron chi connectivity index (χ4n) is 5.68. The molecule has 1 aliphatic heterocycles. The molecule has 1 radical (unpaired) electrons. The number of pyridine rings is 2. The molecule has 3 aromatic heterocycles.